The van der Waals surface area contributed by atoms with Gasteiger partial charge in [0.2, 0.25) is 5.91 Å². The van der Waals surface area contributed by atoms with Crippen LogP contribution < -0.4 is 5.32 Å². The molecule has 5 heteroatoms. The number of aliphatic carboxylic acids is 1. The minimum absolute atomic E-state index is 0.187. The fourth-order valence-electron chi connectivity index (χ4n) is 2.74. The maximum atomic E-state index is 12.4. The zero-order valence-electron chi connectivity index (χ0n) is 11.7. The highest BCUT2D eigenvalue weighted by Crippen LogP contribution is 2.29. The Balaban J connectivity index is 2.11. The molecule has 0 saturated heterocycles. The summed E-state index contributed by atoms with van der Waals surface area (Å²) in [6, 6.07) is 1.91. The van der Waals surface area contributed by atoms with E-state index in [2.05, 4.69) is 5.32 Å². The van der Waals surface area contributed by atoms with E-state index in [0.29, 0.717) is 12.8 Å². The highest BCUT2D eigenvalue weighted by molar-refractivity contribution is 7.08. The van der Waals surface area contributed by atoms with E-state index in [1.165, 1.54) is 0 Å². The van der Waals surface area contributed by atoms with Crippen molar-refractivity contribution in [3.8, 4) is 0 Å². The molecular formula is C15H21NO3S. The minimum atomic E-state index is -1.07. The van der Waals surface area contributed by atoms with Gasteiger partial charge in [-0.1, -0.05) is 25.7 Å². The molecule has 0 aromatic carbocycles. The maximum absolute atomic E-state index is 12.4. The number of carbonyl (C=O) groups is 2. The van der Waals surface area contributed by atoms with Gasteiger partial charge in [0.25, 0.3) is 0 Å². The fourth-order valence-corrected chi connectivity index (χ4v) is 3.50. The Hall–Kier alpha value is -1.36. The molecule has 20 heavy (non-hydrogen) atoms. The summed E-state index contributed by atoms with van der Waals surface area (Å²) in [5, 5.41) is 16.3. The summed E-state index contributed by atoms with van der Waals surface area (Å²) >= 11 is 1.54. The molecule has 2 N–H and O–H groups in total. The molecule has 1 amide bonds. The van der Waals surface area contributed by atoms with E-state index in [9.17, 15) is 14.7 Å². The molecule has 1 aromatic heterocycles. The topological polar surface area (TPSA) is 66.4 Å². The van der Waals surface area contributed by atoms with E-state index in [1.807, 2.05) is 23.8 Å². The van der Waals surface area contributed by atoms with E-state index in [0.717, 1.165) is 31.2 Å². The summed E-state index contributed by atoms with van der Waals surface area (Å²) in [7, 11) is 0. The number of carbonyl (C=O) groups excluding carboxylic acids is 1. The van der Waals surface area contributed by atoms with E-state index in [-0.39, 0.29) is 11.8 Å². The third kappa shape index (κ3) is 3.20. The van der Waals surface area contributed by atoms with Crippen molar-refractivity contribution < 1.29 is 14.7 Å². The zero-order chi connectivity index (χ0) is 14.6. The normalized spacial score (nSPS) is 19.9. The van der Waals surface area contributed by atoms with Crippen molar-refractivity contribution in [2.24, 2.45) is 0 Å². The predicted octanol–water partition coefficient (Wildman–Crippen LogP) is 3.15. The Labute approximate surface area is 123 Å². The van der Waals surface area contributed by atoms with Gasteiger partial charge in [0.1, 0.15) is 5.54 Å². The summed E-state index contributed by atoms with van der Waals surface area (Å²) in [5.41, 5.74) is -0.126. The Morgan fingerprint density at radius 2 is 1.95 bits per heavy atom. The van der Waals surface area contributed by atoms with Crippen LogP contribution in [0.5, 0.6) is 0 Å². The number of nitrogens with one attached hydrogen (secondary N) is 1. The van der Waals surface area contributed by atoms with Crippen molar-refractivity contribution in [2.75, 3.05) is 0 Å². The summed E-state index contributed by atoms with van der Waals surface area (Å²) in [4.78, 5) is 24.0. The lowest BCUT2D eigenvalue weighted by Gasteiger charge is -2.30. The standard InChI is InChI=1S/C15H21NO3S/c1-11(12-6-9-20-10-12)13(17)16-15(14(18)19)7-4-2-3-5-8-15/h6,9-11H,2-5,7-8H2,1H3,(H,16,17)(H,18,19). The number of hydrogen-bond acceptors (Lipinski definition) is 3. The number of thiophene rings is 1. The minimum Gasteiger partial charge on any atom is -0.480 e. The lowest BCUT2D eigenvalue weighted by molar-refractivity contribution is -0.148. The summed E-state index contributed by atoms with van der Waals surface area (Å²) in [6.45, 7) is 1.82. The molecule has 1 aromatic rings. The Morgan fingerprint density at radius 3 is 2.45 bits per heavy atom. The third-order valence-corrected chi connectivity index (χ3v) is 4.87. The Kier molecular flexibility index (Phi) is 4.81. The van der Waals surface area contributed by atoms with Crippen LogP contribution in [0.1, 0.15) is 56.9 Å². The number of rotatable bonds is 4. The van der Waals surface area contributed by atoms with Crippen molar-refractivity contribution in [3.63, 3.8) is 0 Å². The van der Waals surface area contributed by atoms with Gasteiger partial charge in [-0.25, -0.2) is 4.79 Å². The van der Waals surface area contributed by atoms with Gasteiger partial charge >= 0.3 is 5.97 Å². The first kappa shape index (κ1) is 15.0. The number of carboxylic acid groups (broad SMARTS) is 1. The molecule has 2 rings (SSSR count). The lowest BCUT2D eigenvalue weighted by atomic mass is 9.89. The van der Waals surface area contributed by atoms with Crippen LogP contribution in [0.4, 0.5) is 0 Å². The first-order valence-corrected chi connectivity index (χ1v) is 8.07. The van der Waals surface area contributed by atoms with Gasteiger partial charge in [-0.2, -0.15) is 11.3 Å². The van der Waals surface area contributed by atoms with Gasteiger partial charge in [0.15, 0.2) is 0 Å². The molecule has 110 valence electrons. The SMILES string of the molecule is CC(C(=O)NC1(C(=O)O)CCCCCC1)c1ccsc1. The molecule has 0 radical (unpaired) electrons. The summed E-state index contributed by atoms with van der Waals surface area (Å²) in [5.74, 6) is -1.39. The van der Waals surface area contributed by atoms with Crippen LogP contribution in [0, 0.1) is 0 Å². The zero-order valence-corrected chi connectivity index (χ0v) is 12.5. The number of amides is 1. The van der Waals surface area contributed by atoms with Crippen LogP contribution in [0.25, 0.3) is 0 Å². The second-order valence-corrected chi connectivity index (χ2v) is 6.35. The second kappa shape index (κ2) is 6.39. The molecule has 1 aliphatic rings. The molecule has 0 bridgehead atoms. The van der Waals surface area contributed by atoms with Crippen molar-refractivity contribution in [2.45, 2.75) is 56.9 Å². The van der Waals surface area contributed by atoms with Crippen LogP contribution in [0.3, 0.4) is 0 Å². The molecule has 0 aliphatic heterocycles. The van der Waals surface area contributed by atoms with E-state index in [1.54, 1.807) is 11.3 Å². The van der Waals surface area contributed by atoms with Crippen LogP contribution in [-0.2, 0) is 9.59 Å². The summed E-state index contributed by atoms with van der Waals surface area (Å²) in [6.07, 6.45) is 4.88. The monoisotopic (exact) mass is 295 g/mol. The summed E-state index contributed by atoms with van der Waals surface area (Å²) < 4.78 is 0. The highest BCUT2D eigenvalue weighted by Gasteiger charge is 2.40. The van der Waals surface area contributed by atoms with Gasteiger partial charge in [0.05, 0.1) is 5.92 Å². The number of hydrogen-bond donors (Lipinski definition) is 2. The largest absolute Gasteiger partial charge is 0.480 e. The molecule has 0 spiro atoms. The lowest BCUT2D eigenvalue weighted by Crippen LogP contribution is -2.55. The molecule has 1 heterocycles. The molecule has 1 unspecified atom stereocenters. The fraction of sp³-hybridized carbons (Fsp3) is 0.600. The molecule has 1 fully saturated rings. The number of carboxylic acids is 1. The first-order chi connectivity index (χ1) is 9.55. The van der Waals surface area contributed by atoms with Gasteiger partial charge in [-0.3, -0.25) is 4.79 Å². The Bertz CT molecular complexity index is 461. The van der Waals surface area contributed by atoms with Gasteiger partial charge in [-0.05, 0) is 42.2 Å². The molecule has 1 saturated carbocycles. The van der Waals surface area contributed by atoms with E-state index >= 15 is 0 Å². The van der Waals surface area contributed by atoms with Crippen molar-refractivity contribution in [3.05, 3.63) is 22.4 Å². The second-order valence-electron chi connectivity index (χ2n) is 5.57. The Morgan fingerprint density at radius 1 is 1.30 bits per heavy atom. The average Bonchev–Trinajstić information content (AvgIpc) is 2.85. The maximum Gasteiger partial charge on any atom is 0.329 e. The van der Waals surface area contributed by atoms with Crippen molar-refractivity contribution >= 4 is 23.2 Å². The molecular weight excluding hydrogens is 274 g/mol. The van der Waals surface area contributed by atoms with Crippen molar-refractivity contribution in [1.82, 2.24) is 5.32 Å². The van der Waals surface area contributed by atoms with Crippen LogP contribution in [0.2, 0.25) is 0 Å². The average molecular weight is 295 g/mol. The van der Waals surface area contributed by atoms with Gasteiger partial charge < -0.3 is 10.4 Å². The quantitative estimate of drug-likeness (QED) is 0.839. The van der Waals surface area contributed by atoms with Crippen LogP contribution in [0.15, 0.2) is 16.8 Å². The smallest absolute Gasteiger partial charge is 0.329 e. The predicted molar refractivity (Wildman–Crippen MR) is 78.9 cm³/mol. The van der Waals surface area contributed by atoms with E-state index in [4.69, 9.17) is 0 Å². The third-order valence-electron chi connectivity index (χ3n) is 4.17. The van der Waals surface area contributed by atoms with Crippen LogP contribution >= 0.6 is 11.3 Å². The molecule has 1 aliphatic carbocycles. The van der Waals surface area contributed by atoms with E-state index < -0.39 is 11.5 Å². The molecule has 1 atom stereocenters. The molecule has 4 nitrogen and oxygen atoms in total. The van der Waals surface area contributed by atoms with Gasteiger partial charge in [-0.15, -0.1) is 0 Å². The van der Waals surface area contributed by atoms with Crippen molar-refractivity contribution in [1.29, 1.82) is 0 Å². The van der Waals surface area contributed by atoms with Crippen LogP contribution in [-0.4, -0.2) is 22.5 Å². The highest BCUT2D eigenvalue weighted by atomic mass is 32.1. The first-order valence-electron chi connectivity index (χ1n) is 7.13. The van der Waals surface area contributed by atoms with Gasteiger partial charge in [0, 0.05) is 0 Å².